The zero-order valence-corrected chi connectivity index (χ0v) is 30.6. The predicted molar refractivity (Wildman–Crippen MR) is 197 cm³/mol. The molecule has 1 amide bonds. The van der Waals surface area contributed by atoms with Gasteiger partial charge in [0.25, 0.3) is 0 Å². The highest BCUT2D eigenvalue weighted by atomic mass is 33.1. The van der Waals surface area contributed by atoms with Gasteiger partial charge in [-0.15, -0.1) is 0 Å². The molecule has 0 bridgehead atoms. The summed E-state index contributed by atoms with van der Waals surface area (Å²) in [5.74, 6) is 1.29. The Hall–Kier alpha value is -3.04. The van der Waals surface area contributed by atoms with Crippen molar-refractivity contribution in [3.63, 3.8) is 0 Å². The number of hydrogen-bond donors (Lipinski definition) is 1. The van der Waals surface area contributed by atoms with Crippen LogP contribution < -0.4 is 0 Å². The van der Waals surface area contributed by atoms with Crippen molar-refractivity contribution in [3.05, 3.63) is 83.7 Å². The molecule has 7 nitrogen and oxygen atoms in total. The summed E-state index contributed by atoms with van der Waals surface area (Å²) in [6, 6.07) is 13.7. The maximum atomic E-state index is 12.9. The van der Waals surface area contributed by atoms with Crippen molar-refractivity contribution in [2.75, 3.05) is 12.3 Å². The number of benzene rings is 1. The number of nitrogens with zero attached hydrogens (tertiary/aromatic N) is 2. The summed E-state index contributed by atoms with van der Waals surface area (Å²) >= 11 is 0. The van der Waals surface area contributed by atoms with Gasteiger partial charge in [-0.05, 0) is 89.9 Å². The molecule has 1 aromatic heterocycles. The first kappa shape index (κ1) is 35.8. The van der Waals surface area contributed by atoms with Gasteiger partial charge in [0.1, 0.15) is 12.6 Å². The molecule has 9 heteroatoms. The molecular weight excluding hydrogens is 653 g/mol. The second-order valence-corrected chi connectivity index (χ2v) is 17.9. The number of hydrogen-bond acceptors (Lipinski definition) is 7. The number of esters is 1. The number of aliphatic carboxylic acids is 1. The molecule has 4 aliphatic carbocycles. The van der Waals surface area contributed by atoms with Crippen LogP contribution in [0.15, 0.2) is 72.6 Å². The lowest BCUT2D eigenvalue weighted by Crippen LogP contribution is -2.50. The quantitative estimate of drug-likeness (QED) is 0.0960. The van der Waals surface area contributed by atoms with Crippen LogP contribution >= 0.6 is 21.6 Å². The Morgan fingerprint density at radius 3 is 2.57 bits per heavy atom. The van der Waals surface area contributed by atoms with E-state index < -0.39 is 5.97 Å². The number of fused-ring (bicyclic) bond motifs is 5. The molecule has 1 heterocycles. The molecule has 7 atom stereocenters. The fraction of sp³-hybridized carbons (Fsp3) is 0.550. The average Bonchev–Trinajstić information content (AvgIpc) is 3.44. The SMILES string of the molecule is C[C@@H](CC(=O)N(CC(=O)O)Cc1ccccc1)SSCCC(=O)O[C@H]1CC[C@@]2(C)C(=CC[C@H]3C4CC=C(c5cccnc5)[C@@]4(C)CC[C@@H]32)C1. The molecule has 6 rings (SSSR count). The average molecular weight is 703 g/mol. The normalized spacial score (nSPS) is 29.4. The molecule has 1 unspecified atom stereocenters. The van der Waals surface area contributed by atoms with Crippen LogP contribution in [0.1, 0.15) is 89.7 Å². The molecule has 4 aliphatic rings. The second-order valence-electron chi connectivity index (χ2n) is 15.0. The second kappa shape index (κ2) is 15.5. The molecule has 49 heavy (non-hydrogen) atoms. The minimum Gasteiger partial charge on any atom is -0.480 e. The number of carbonyl (C=O) groups excluding carboxylic acids is 2. The third-order valence-electron chi connectivity index (χ3n) is 11.9. The number of allylic oxidation sites excluding steroid dienone is 3. The fourth-order valence-electron chi connectivity index (χ4n) is 9.41. The molecular formula is C40H50N2O5S2. The monoisotopic (exact) mass is 702 g/mol. The van der Waals surface area contributed by atoms with Gasteiger partial charge in [-0.25, -0.2) is 0 Å². The topological polar surface area (TPSA) is 96.8 Å². The van der Waals surface area contributed by atoms with Crippen molar-refractivity contribution in [2.24, 2.45) is 28.6 Å². The first-order valence-corrected chi connectivity index (χ1v) is 20.3. The van der Waals surface area contributed by atoms with Gasteiger partial charge in [-0.1, -0.05) is 96.5 Å². The number of ether oxygens (including phenoxy) is 1. The van der Waals surface area contributed by atoms with E-state index in [0.717, 1.165) is 37.7 Å². The number of amides is 1. The van der Waals surface area contributed by atoms with Gasteiger partial charge in [-0.2, -0.15) is 0 Å². The fourth-order valence-corrected chi connectivity index (χ4v) is 11.6. The lowest BCUT2D eigenvalue weighted by molar-refractivity contribution is -0.150. The molecule has 0 aliphatic heterocycles. The van der Waals surface area contributed by atoms with Gasteiger partial charge in [0.2, 0.25) is 5.91 Å². The van der Waals surface area contributed by atoms with E-state index in [4.69, 9.17) is 4.74 Å². The van der Waals surface area contributed by atoms with Crippen LogP contribution in [0.2, 0.25) is 0 Å². The summed E-state index contributed by atoms with van der Waals surface area (Å²) in [6.45, 7) is 6.90. The van der Waals surface area contributed by atoms with E-state index in [0.29, 0.717) is 29.9 Å². The summed E-state index contributed by atoms with van der Waals surface area (Å²) in [5.41, 5.74) is 5.59. The van der Waals surface area contributed by atoms with E-state index in [1.165, 1.54) is 34.5 Å². The molecule has 1 aromatic carbocycles. The van der Waals surface area contributed by atoms with Crippen LogP contribution in [0.5, 0.6) is 0 Å². The van der Waals surface area contributed by atoms with Crippen molar-refractivity contribution in [1.82, 2.24) is 9.88 Å². The number of carboxylic acid groups (broad SMARTS) is 1. The smallest absolute Gasteiger partial charge is 0.323 e. The third-order valence-corrected chi connectivity index (χ3v) is 14.8. The number of carbonyl (C=O) groups is 3. The first-order chi connectivity index (χ1) is 23.6. The van der Waals surface area contributed by atoms with Gasteiger partial charge in [0.05, 0.1) is 6.42 Å². The van der Waals surface area contributed by atoms with Gasteiger partial charge in [0.15, 0.2) is 0 Å². The molecule has 0 saturated heterocycles. The standard InChI is InChI=1S/C40H50N2O5S2/c1-27(22-36(43)42(26-37(44)45)25-28-8-5-4-6-9-28)49-48-21-17-38(46)47-31-15-18-39(2)30(23-31)11-12-32-34-14-13-33(29-10-7-20-41-24-29)40(34,3)19-16-35(32)39/h4-11,13,20,24,27,31-32,34-35H,12,14-19,21-23,25-26H2,1-3H3,(H,44,45)/t27-,31-,32-,34?,35-,39-,40+/m0/s1. The van der Waals surface area contributed by atoms with E-state index in [-0.39, 0.29) is 53.6 Å². The largest absolute Gasteiger partial charge is 0.480 e. The van der Waals surface area contributed by atoms with Crippen molar-refractivity contribution in [2.45, 2.75) is 96.5 Å². The molecule has 0 radical (unpaired) electrons. The van der Waals surface area contributed by atoms with Gasteiger partial charge < -0.3 is 14.7 Å². The summed E-state index contributed by atoms with van der Waals surface area (Å²) in [6.07, 6.45) is 17.0. The van der Waals surface area contributed by atoms with E-state index >= 15 is 0 Å². The highest BCUT2D eigenvalue weighted by Crippen LogP contribution is 2.66. The molecule has 1 N–H and O–H groups in total. The van der Waals surface area contributed by atoms with E-state index in [1.807, 2.05) is 49.6 Å². The predicted octanol–water partition coefficient (Wildman–Crippen LogP) is 8.61. The highest BCUT2D eigenvalue weighted by molar-refractivity contribution is 8.76. The number of aromatic nitrogens is 1. The van der Waals surface area contributed by atoms with Crippen LogP contribution in [0.4, 0.5) is 0 Å². The van der Waals surface area contributed by atoms with Crippen molar-refractivity contribution in [1.29, 1.82) is 0 Å². The molecule has 262 valence electrons. The zero-order chi connectivity index (χ0) is 34.6. The van der Waals surface area contributed by atoms with Crippen molar-refractivity contribution < 1.29 is 24.2 Å². The van der Waals surface area contributed by atoms with Gasteiger partial charge >= 0.3 is 11.9 Å². The Bertz CT molecular complexity index is 1560. The van der Waals surface area contributed by atoms with Crippen LogP contribution in [-0.4, -0.2) is 56.5 Å². The minimum absolute atomic E-state index is 0.0155. The molecule has 0 spiro atoms. The number of pyridine rings is 1. The summed E-state index contributed by atoms with van der Waals surface area (Å²) < 4.78 is 6.03. The van der Waals surface area contributed by atoms with Gasteiger partial charge in [0, 0.05) is 42.8 Å². The highest BCUT2D eigenvalue weighted by Gasteiger charge is 2.57. The Balaban J connectivity index is 0.944. The summed E-state index contributed by atoms with van der Waals surface area (Å²) in [7, 11) is 3.13. The third kappa shape index (κ3) is 7.98. The maximum absolute atomic E-state index is 12.9. The van der Waals surface area contributed by atoms with Gasteiger partial charge in [-0.3, -0.25) is 19.4 Å². The maximum Gasteiger partial charge on any atom is 0.323 e. The van der Waals surface area contributed by atoms with E-state index in [1.54, 1.807) is 21.6 Å². The lowest BCUT2D eigenvalue weighted by atomic mass is 9.47. The van der Waals surface area contributed by atoms with Crippen molar-refractivity contribution >= 4 is 45.0 Å². The number of carboxylic acids is 1. The van der Waals surface area contributed by atoms with Crippen LogP contribution in [0.25, 0.3) is 5.57 Å². The zero-order valence-electron chi connectivity index (χ0n) is 29.0. The van der Waals surface area contributed by atoms with Crippen LogP contribution in [0, 0.1) is 28.6 Å². The summed E-state index contributed by atoms with van der Waals surface area (Å²) in [5, 5.41) is 9.31. The summed E-state index contributed by atoms with van der Waals surface area (Å²) in [4.78, 5) is 43.0. The number of rotatable bonds is 13. The molecule has 2 fully saturated rings. The van der Waals surface area contributed by atoms with Crippen LogP contribution in [0.3, 0.4) is 0 Å². The van der Waals surface area contributed by atoms with Crippen LogP contribution in [-0.2, 0) is 25.7 Å². The first-order valence-electron chi connectivity index (χ1n) is 17.9. The Labute approximate surface area is 299 Å². The van der Waals surface area contributed by atoms with Crippen molar-refractivity contribution in [3.8, 4) is 0 Å². The van der Waals surface area contributed by atoms with E-state index in [2.05, 4.69) is 43.1 Å². The molecule has 2 saturated carbocycles. The Morgan fingerprint density at radius 1 is 1.02 bits per heavy atom. The Kier molecular flexibility index (Phi) is 11.3. The Morgan fingerprint density at radius 2 is 1.82 bits per heavy atom. The van der Waals surface area contributed by atoms with E-state index in [9.17, 15) is 19.5 Å². The molecule has 2 aromatic rings. The minimum atomic E-state index is -1.03. The lowest BCUT2D eigenvalue weighted by Gasteiger charge is -2.57.